The third-order valence-corrected chi connectivity index (χ3v) is 5.79. The van der Waals surface area contributed by atoms with Gasteiger partial charge in [0, 0.05) is 12.6 Å². The van der Waals surface area contributed by atoms with Crippen molar-refractivity contribution in [3.63, 3.8) is 0 Å². The van der Waals surface area contributed by atoms with Gasteiger partial charge in [0.25, 0.3) is 0 Å². The Morgan fingerprint density at radius 3 is 2.83 bits per heavy atom. The number of carbonyl (C=O) groups is 2. The molecule has 23 heavy (non-hydrogen) atoms. The van der Waals surface area contributed by atoms with Crippen LogP contribution < -0.4 is 0 Å². The molecule has 1 amide bonds. The van der Waals surface area contributed by atoms with Crippen LogP contribution in [0.25, 0.3) is 0 Å². The Hall–Kier alpha value is -1.84. The number of carbonyl (C=O) groups excluding carboxylic acids is 2. The van der Waals surface area contributed by atoms with Crippen LogP contribution >= 0.6 is 0 Å². The van der Waals surface area contributed by atoms with E-state index in [1.54, 1.807) is 0 Å². The summed E-state index contributed by atoms with van der Waals surface area (Å²) in [5.41, 5.74) is 2.85. The van der Waals surface area contributed by atoms with Gasteiger partial charge in [-0.1, -0.05) is 6.07 Å². The topological polar surface area (TPSA) is 46.6 Å². The second-order valence-corrected chi connectivity index (χ2v) is 7.27. The van der Waals surface area contributed by atoms with Crippen molar-refractivity contribution >= 4 is 11.9 Å². The number of rotatable bonds is 2. The number of benzene rings is 1. The molecule has 4 rings (SSSR count). The van der Waals surface area contributed by atoms with Crippen LogP contribution in [-0.4, -0.2) is 36.5 Å². The molecule has 0 radical (unpaired) electrons. The van der Waals surface area contributed by atoms with E-state index in [4.69, 9.17) is 4.74 Å². The smallest absolute Gasteiger partial charge is 0.337 e. The quantitative estimate of drug-likeness (QED) is 0.789. The van der Waals surface area contributed by atoms with Crippen molar-refractivity contribution in [1.29, 1.82) is 0 Å². The number of fused-ring (bicyclic) bond motifs is 1. The average molecular weight is 313 g/mol. The second-order valence-electron chi connectivity index (χ2n) is 7.27. The SMILES string of the molecule is COC(=O)c1ccc2c(c1)CCC1(CCCN(C3CC3)C1=O)C2. The van der Waals surface area contributed by atoms with Crippen LogP contribution in [0.2, 0.25) is 0 Å². The first-order valence-electron chi connectivity index (χ1n) is 8.64. The third-order valence-electron chi connectivity index (χ3n) is 5.79. The molecule has 1 aromatic carbocycles. The summed E-state index contributed by atoms with van der Waals surface area (Å²) in [5.74, 6) is 0.0932. The highest BCUT2D eigenvalue weighted by Crippen LogP contribution is 2.45. The molecule has 1 saturated carbocycles. The molecule has 0 N–H and O–H groups in total. The lowest BCUT2D eigenvalue weighted by Crippen LogP contribution is -2.52. The predicted molar refractivity (Wildman–Crippen MR) is 86.2 cm³/mol. The van der Waals surface area contributed by atoms with Crippen LogP contribution in [0, 0.1) is 5.41 Å². The number of nitrogens with zero attached hydrogens (tertiary/aromatic N) is 1. The van der Waals surface area contributed by atoms with Gasteiger partial charge in [-0.2, -0.15) is 0 Å². The van der Waals surface area contributed by atoms with Crippen LogP contribution in [0.5, 0.6) is 0 Å². The number of ether oxygens (including phenoxy) is 1. The zero-order chi connectivity index (χ0) is 16.0. The lowest BCUT2D eigenvalue weighted by Gasteiger charge is -2.44. The van der Waals surface area contributed by atoms with E-state index in [9.17, 15) is 9.59 Å². The number of hydrogen-bond donors (Lipinski definition) is 0. The Labute approximate surface area is 136 Å². The molecule has 2 fully saturated rings. The summed E-state index contributed by atoms with van der Waals surface area (Å²) in [4.78, 5) is 26.9. The summed E-state index contributed by atoms with van der Waals surface area (Å²) >= 11 is 0. The molecule has 122 valence electrons. The highest BCUT2D eigenvalue weighted by molar-refractivity contribution is 5.90. The molecule has 0 aromatic heterocycles. The number of piperidine rings is 1. The molecule has 1 aromatic rings. The van der Waals surface area contributed by atoms with Crippen LogP contribution in [0.3, 0.4) is 0 Å². The molecular weight excluding hydrogens is 290 g/mol. The van der Waals surface area contributed by atoms with E-state index in [1.807, 2.05) is 18.2 Å². The molecule has 1 spiro atoms. The molecule has 3 aliphatic rings. The lowest BCUT2D eigenvalue weighted by molar-refractivity contribution is -0.148. The minimum Gasteiger partial charge on any atom is -0.465 e. The standard InChI is InChI=1S/C19H23NO3/c1-23-17(21)14-3-4-15-12-19(9-7-13(15)11-14)8-2-10-20(18(19)22)16-5-6-16/h3-4,11,16H,2,5-10,12H2,1H3. The molecule has 4 nitrogen and oxygen atoms in total. The van der Waals surface area contributed by atoms with Crippen molar-refractivity contribution in [2.45, 2.75) is 51.0 Å². The van der Waals surface area contributed by atoms with Gasteiger partial charge in [0.05, 0.1) is 18.1 Å². The van der Waals surface area contributed by atoms with Gasteiger partial charge in [-0.05, 0) is 68.2 Å². The minimum absolute atomic E-state index is 0.194. The molecule has 1 heterocycles. The Morgan fingerprint density at radius 2 is 2.09 bits per heavy atom. The summed E-state index contributed by atoms with van der Waals surface area (Å²) in [7, 11) is 1.41. The van der Waals surface area contributed by atoms with E-state index in [0.717, 1.165) is 38.6 Å². The Balaban J connectivity index is 1.60. The average Bonchev–Trinajstić information content (AvgIpc) is 3.41. The van der Waals surface area contributed by atoms with E-state index < -0.39 is 0 Å². The summed E-state index contributed by atoms with van der Waals surface area (Å²) in [6.07, 6.45) is 7.11. The number of esters is 1. The summed E-state index contributed by atoms with van der Waals surface area (Å²) in [6.45, 7) is 0.944. The normalized spacial score (nSPS) is 27.0. The van der Waals surface area contributed by atoms with Crippen molar-refractivity contribution in [1.82, 2.24) is 4.90 Å². The number of aryl methyl sites for hydroxylation is 1. The number of methoxy groups -OCH3 is 1. The van der Waals surface area contributed by atoms with Crippen LogP contribution in [0.1, 0.15) is 53.6 Å². The second kappa shape index (κ2) is 5.36. The van der Waals surface area contributed by atoms with Gasteiger partial charge < -0.3 is 9.64 Å². The van der Waals surface area contributed by atoms with Crippen molar-refractivity contribution in [2.24, 2.45) is 5.41 Å². The maximum Gasteiger partial charge on any atom is 0.337 e. The predicted octanol–water partition coefficient (Wildman–Crippen LogP) is 2.73. The molecule has 1 aliphatic heterocycles. The van der Waals surface area contributed by atoms with Crippen molar-refractivity contribution in [3.05, 3.63) is 34.9 Å². The first-order valence-corrected chi connectivity index (χ1v) is 8.64. The third kappa shape index (κ3) is 2.44. The van der Waals surface area contributed by atoms with Crippen molar-refractivity contribution in [3.8, 4) is 0 Å². The summed E-state index contributed by atoms with van der Waals surface area (Å²) in [5, 5.41) is 0. The highest BCUT2D eigenvalue weighted by atomic mass is 16.5. The molecule has 4 heteroatoms. The fraction of sp³-hybridized carbons (Fsp3) is 0.579. The van der Waals surface area contributed by atoms with Crippen molar-refractivity contribution < 1.29 is 14.3 Å². The van der Waals surface area contributed by atoms with Gasteiger partial charge in [0.1, 0.15) is 0 Å². The molecule has 0 bridgehead atoms. The molecule has 1 saturated heterocycles. The van der Waals surface area contributed by atoms with Crippen molar-refractivity contribution in [2.75, 3.05) is 13.7 Å². The maximum absolute atomic E-state index is 13.1. The van der Waals surface area contributed by atoms with E-state index in [0.29, 0.717) is 17.5 Å². The fourth-order valence-electron chi connectivity index (χ4n) is 4.33. The van der Waals surface area contributed by atoms with Crippen LogP contribution in [-0.2, 0) is 22.4 Å². The number of likely N-dealkylation sites (tertiary alicyclic amines) is 1. The van der Waals surface area contributed by atoms with Gasteiger partial charge in [-0.3, -0.25) is 4.79 Å². The van der Waals surface area contributed by atoms with E-state index in [-0.39, 0.29) is 11.4 Å². The van der Waals surface area contributed by atoms with E-state index in [2.05, 4.69) is 4.90 Å². The molecule has 1 atom stereocenters. The van der Waals surface area contributed by atoms with Gasteiger partial charge >= 0.3 is 5.97 Å². The maximum atomic E-state index is 13.1. The molecular formula is C19H23NO3. The van der Waals surface area contributed by atoms with Gasteiger partial charge in [0.2, 0.25) is 5.91 Å². The Morgan fingerprint density at radius 1 is 1.26 bits per heavy atom. The zero-order valence-electron chi connectivity index (χ0n) is 13.6. The monoisotopic (exact) mass is 313 g/mol. The minimum atomic E-state index is -0.290. The summed E-state index contributed by atoms with van der Waals surface area (Å²) in [6, 6.07) is 6.31. The van der Waals surface area contributed by atoms with Gasteiger partial charge in [-0.25, -0.2) is 4.79 Å². The summed E-state index contributed by atoms with van der Waals surface area (Å²) < 4.78 is 4.80. The Bertz CT molecular complexity index is 665. The number of hydrogen-bond acceptors (Lipinski definition) is 3. The fourth-order valence-corrected chi connectivity index (χ4v) is 4.33. The van der Waals surface area contributed by atoms with Crippen LogP contribution in [0.15, 0.2) is 18.2 Å². The lowest BCUT2D eigenvalue weighted by atomic mass is 9.66. The van der Waals surface area contributed by atoms with E-state index in [1.165, 1.54) is 31.1 Å². The number of amides is 1. The van der Waals surface area contributed by atoms with Crippen LogP contribution in [0.4, 0.5) is 0 Å². The first kappa shape index (κ1) is 14.7. The van der Waals surface area contributed by atoms with E-state index >= 15 is 0 Å². The molecule has 2 aliphatic carbocycles. The largest absolute Gasteiger partial charge is 0.465 e. The first-order chi connectivity index (χ1) is 11.1. The zero-order valence-corrected chi connectivity index (χ0v) is 13.6. The van der Waals surface area contributed by atoms with Gasteiger partial charge in [-0.15, -0.1) is 0 Å². The highest BCUT2D eigenvalue weighted by Gasteiger charge is 2.48. The Kier molecular flexibility index (Phi) is 3.43. The molecule has 1 unspecified atom stereocenters. The van der Waals surface area contributed by atoms with Gasteiger partial charge in [0.15, 0.2) is 0 Å².